The van der Waals surface area contributed by atoms with Crippen molar-refractivity contribution in [3.63, 3.8) is 0 Å². The molecule has 1 aromatic carbocycles. The number of ether oxygens (including phenoxy) is 1. The summed E-state index contributed by atoms with van der Waals surface area (Å²) < 4.78 is 5.52. The summed E-state index contributed by atoms with van der Waals surface area (Å²) >= 11 is 0. The standard InChI is InChI=1S/C17H26N2O2/c1-13(2)15-6-8-16(9-7-15)19-17(20)18-10-3-11-21-12-14-4-5-14/h6-9,13-14H,3-5,10-12H2,1-2H3,(H2,18,19,20). The quantitative estimate of drug-likeness (QED) is 0.716. The van der Waals surface area contributed by atoms with Gasteiger partial charge in [-0.05, 0) is 48.8 Å². The van der Waals surface area contributed by atoms with Crippen LogP contribution in [0.5, 0.6) is 0 Å². The number of benzene rings is 1. The molecule has 4 heteroatoms. The molecule has 0 bridgehead atoms. The Morgan fingerprint density at radius 1 is 1.29 bits per heavy atom. The number of anilines is 1. The molecule has 2 rings (SSSR count). The van der Waals surface area contributed by atoms with E-state index in [2.05, 4.69) is 24.5 Å². The molecule has 116 valence electrons. The molecule has 1 aliphatic carbocycles. The summed E-state index contributed by atoms with van der Waals surface area (Å²) in [7, 11) is 0. The van der Waals surface area contributed by atoms with E-state index in [1.165, 1.54) is 18.4 Å². The molecule has 0 atom stereocenters. The normalized spacial score (nSPS) is 14.2. The van der Waals surface area contributed by atoms with E-state index in [9.17, 15) is 4.79 Å². The van der Waals surface area contributed by atoms with Crippen molar-refractivity contribution >= 4 is 11.7 Å². The predicted molar refractivity (Wildman–Crippen MR) is 85.7 cm³/mol. The topological polar surface area (TPSA) is 50.4 Å². The highest BCUT2D eigenvalue weighted by atomic mass is 16.5. The van der Waals surface area contributed by atoms with Crippen molar-refractivity contribution in [2.45, 2.75) is 39.0 Å². The van der Waals surface area contributed by atoms with Crippen LogP contribution >= 0.6 is 0 Å². The van der Waals surface area contributed by atoms with Crippen LogP contribution in [0.3, 0.4) is 0 Å². The number of amides is 2. The van der Waals surface area contributed by atoms with Crippen LogP contribution in [-0.4, -0.2) is 25.8 Å². The Balaban J connectivity index is 1.57. The van der Waals surface area contributed by atoms with Gasteiger partial charge in [0, 0.05) is 25.4 Å². The van der Waals surface area contributed by atoms with E-state index < -0.39 is 0 Å². The lowest BCUT2D eigenvalue weighted by Crippen LogP contribution is -2.30. The summed E-state index contributed by atoms with van der Waals surface area (Å²) in [4.78, 5) is 11.7. The second-order valence-corrected chi connectivity index (χ2v) is 6.03. The number of carbonyl (C=O) groups is 1. The van der Waals surface area contributed by atoms with Crippen LogP contribution in [0.1, 0.15) is 44.6 Å². The first-order valence-electron chi connectivity index (χ1n) is 7.87. The van der Waals surface area contributed by atoms with Crippen molar-refractivity contribution in [3.05, 3.63) is 29.8 Å². The second kappa shape index (κ2) is 8.03. The third kappa shape index (κ3) is 6.17. The van der Waals surface area contributed by atoms with Crippen molar-refractivity contribution in [2.75, 3.05) is 25.1 Å². The van der Waals surface area contributed by atoms with Crippen LogP contribution in [0.2, 0.25) is 0 Å². The summed E-state index contributed by atoms with van der Waals surface area (Å²) in [6.07, 6.45) is 3.49. The van der Waals surface area contributed by atoms with Gasteiger partial charge in [0.1, 0.15) is 0 Å². The van der Waals surface area contributed by atoms with Crippen LogP contribution in [0.15, 0.2) is 24.3 Å². The van der Waals surface area contributed by atoms with E-state index in [-0.39, 0.29) is 6.03 Å². The Morgan fingerprint density at radius 2 is 2.00 bits per heavy atom. The minimum Gasteiger partial charge on any atom is -0.381 e. The number of rotatable bonds is 8. The summed E-state index contributed by atoms with van der Waals surface area (Å²) in [5.41, 5.74) is 2.09. The average molecular weight is 290 g/mol. The monoisotopic (exact) mass is 290 g/mol. The van der Waals surface area contributed by atoms with Gasteiger partial charge in [0.2, 0.25) is 0 Å². The molecule has 0 radical (unpaired) electrons. The smallest absolute Gasteiger partial charge is 0.319 e. The maximum Gasteiger partial charge on any atom is 0.319 e. The Hall–Kier alpha value is -1.55. The Labute approximate surface area is 127 Å². The fourth-order valence-corrected chi connectivity index (χ4v) is 2.04. The molecule has 4 nitrogen and oxygen atoms in total. The fourth-order valence-electron chi connectivity index (χ4n) is 2.04. The van der Waals surface area contributed by atoms with Gasteiger partial charge in [-0.15, -0.1) is 0 Å². The van der Waals surface area contributed by atoms with Crippen LogP contribution in [0.4, 0.5) is 10.5 Å². The van der Waals surface area contributed by atoms with Gasteiger partial charge >= 0.3 is 6.03 Å². The van der Waals surface area contributed by atoms with Gasteiger partial charge in [-0.25, -0.2) is 4.79 Å². The first kappa shape index (κ1) is 15.8. The average Bonchev–Trinajstić information content (AvgIpc) is 3.27. The third-order valence-corrected chi connectivity index (χ3v) is 3.64. The first-order valence-corrected chi connectivity index (χ1v) is 7.87. The third-order valence-electron chi connectivity index (χ3n) is 3.64. The van der Waals surface area contributed by atoms with Crippen molar-refractivity contribution in [1.82, 2.24) is 5.32 Å². The molecule has 0 unspecified atom stereocenters. The maximum absolute atomic E-state index is 11.7. The minimum absolute atomic E-state index is 0.158. The minimum atomic E-state index is -0.158. The molecule has 2 N–H and O–H groups in total. The second-order valence-electron chi connectivity index (χ2n) is 6.03. The Bertz CT molecular complexity index is 439. The van der Waals surface area contributed by atoms with Crippen LogP contribution in [0.25, 0.3) is 0 Å². The molecule has 1 aliphatic rings. The molecular weight excluding hydrogens is 264 g/mol. The van der Waals surface area contributed by atoms with E-state index in [0.717, 1.165) is 31.2 Å². The molecule has 0 aromatic heterocycles. The predicted octanol–water partition coefficient (Wildman–Crippen LogP) is 3.75. The zero-order chi connectivity index (χ0) is 15.1. The largest absolute Gasteiger partial charge is 0.381 e. The molecular formula is C17H26N2O2. The molecule has 21 heavy (non-hydrogen) atoms. The Morgan fingerprint density at radius 3 is 2.62 bits per heavy atom. The van der Waals surface area contributed by atoms with Gasteiger partial charge in [0.15, 0.2) is 0 Å². The lowest BCUT2D eigenvalue weighted by Gasteiger charge is -2.09. The number of urea groups is 1. The molecule has 0 spiro atoms. The van der Waals surface area contributed by atoms with Gasteiger partial charge in [-0.3, -0.25) is 0 Å². The van der Waals surface area contributed by atoms with Crippen molar-refractivity contribution < 1.29 is 9.53 Å². The van der Waals surface area contributed by atoms with Gasteiger partial charge in [-0.2, -0.15) is 0 Å². The van der Waals surface area contributed by atoms with Crippen LogP contribution in [0, 0.1) is 5.92 Å². The van der Waals surface area contributed by atoms with E-state index in [1.807, 2.05) is 24.3 Å². The van der Waals surface area contributed by atoms with Gasteiger partial charge < -0.3 is 15.4 Å². The molecule has 0 aliphatic heterocycles. The Kier molecular flexibility index (Phi) is 6.05. The van der Waals surface area contributed by atoms with Gasteiger partial charge in [0.05, 0.1) is 0 Å². The number of hydrogen-bond donors (Lipinski definition) is 2. The van der Waals surface area contributed by atoms with E-state index >= 15 is 0 Å². The zero-order valence-corrected chi connectivity index (χ0v) is 13.0. The maximum atomic E-state index is 11.7. The van der Waals surface area contributed by atoms with Crippen LogP contribution in [-0.2, 0) is 4.74 Å². The fraction of sp³-hybridized carbons (Fsp3) is 0.588. The molecule has 1 fully saturated rings. The van der Waals surface area contributed by atoms with Crippen molar-refractivity contribution in [3.8, 4) is 0 Å². The first-order chi connectivity index (χ1) is 10.1. The highest BCUT2D eigenvalue weighted by molar-refractivity contribution is 5.89. The SMILES string of the molecule is CC(C)c1ccc(NC(=O)NCCCOCC2CC2)cc1. The lowest BCUT2D eigenvalue weighted by atomic mass is 10.0. The molecule has 2 amide bonds. The summed E-state index contributed by atoms with van der Waals surface area (Å²) in [6, 6.07) is 7.81. The summed E-state index contributed by atoms with van der Waals surface area (Å²) in [5, 5.41) is 5.68. The van der Waals surface area contributed by atoms with E-state index in [1.54, 1.807) is 0 Å². The van der Waals surface area contributed by atoms with Gasteiger partial charge in [-0.1, -0.05) is 26.0 Å². The van der Waals surface area contributed by atoms with Crippen LogP contribution < -0.4 is 10.6 Å². The lowest BCUT2D eigenvalue weighted by molar-refractivity contribution is 0.122. The number of carbonyl (C=O) groups excluding carboxylic acids is 1. The summed E-state index contributed by atoms with van der Waals surface area (Å²) in [6.45, 7) is 6.55. The highest BCUT2D eigenvalue weighted by Gasteiger charge is 2.20. The number of nitrogens with one attached hydrogen (secondary N) is 2. The molecule has 1 saturated carbocycles. The van der Waals surface area contributed by atoms with Crippen molar-refractivity contribution in [1.29, 1.82) is 0 Å². The molecule has 1 aromatic rings. The van der Waals surface area contributed by atoms with Gasteiger partial charge in [0.25, 0.3) is 0 Å². The molecule has 0 heterocycles. The van der Waals surface area contributed by atoms with Crippen molar-refractivity contribution in [2.24, 2.45) is 5.92 Å². The van der Waals surface area contributed by atoms with E-state index in [4.69, 9.17) is 4.74 Å². The summed E-state index contributed by atoms with van der Waals surface area (Å²) in [5.74, 6) is 1.30. The van der Waals surface area contributed by atoms with E-state index in [0.29, 0.717) is 12.5 Å². The zero-order valence-electron chi connectivity index (χ0n) is 13.0. The molecule has 0 saturated heterocycles. The highest BCUT2D eigenvalue weighted by Crippen LogP contribution is 2.28. The number of hydrogen-bond acceptors (Lipinski definition) is 2.